The second-order valence-corrected chi connectivity index (χ2v) is 4.64. The topological polar surface area (TPSA) is 46.6 Å². The minimum atomic E-state index is -0.931. The van der Waals surface area contributed by atoms with Gasteiger partial charge in [-0.1, -0.05) is 13.0 Å². The van der Waals surface area contributed by atoms with Gasteiger partial charge in [0.15, 0.2) is 11.6 Å². The standard InChI is InChI=1S/C15H19F2NO3/c1-3-8-18(10-15(20)21-2)14(19)7-5-11-4-6-12(16)13(17)9-11/h4,6,9H,3,5,7-8,10H2,1-2H3. The first-order chi connectivity index (χ1) is 9.97. The van der Waals surface area contributed by atoms with E-state index in [-0.39, 0.29) is 25.3 Å². The third-order valence-electron chi connectivity index (χ3n) is 3.01. The van der Waals surface area contributed by atoms with Crippen LogP contribution in [0, 0.1) is 11.6 Å². The van der Waals surface area contributed by atoms with Crippen LogP contribution in [0.3, 0.4) is 0 Å². The van der Waals surface area contributed by atoms with Gasteiger partial charge in [-0.3, -0.25) is 9.59 Å². The van der Waals surface area contributed by atoms with E-state index >= 15 is 0 Å². The van der Waals surface area contributed by atoms with Gasteiger partial charge < -0.3 is 9.64 Å². The van der Waals surface area contributed by atoms with Crippen LogP contribution in [0.1, 0.15) is 25.3 Å². The number of esters is 1. The SMILES string of the molecule is CCCN(CC(=O)OC)C(=O)CCc1ccc(F)c(F)c1. The average Bonchev–Trinajstić information content (AvgIpc) is 2.47. The maximum absolute atomic E-state index is 13.1. The lowest BCUT2D eigenvalue weighted by atomic mass is 10.1. The van der Waals surface area contributed by atoms with Gasteiger partial charge in [0.2, 0.25) is 5.91 Å². The first kappa shape index (κ1) is 17.1. The highest BCUT2D eigenvalue weighted by Gasteiger charge is 2.16. The van der Waals surface area contributed by atoms with E-state index in [2.05, 4.69) is 4.74 Å². The summed E-state index contributed by atoms with van der Waals surface area (Å²) >= 11 is 0. The fourth-order valence-electron chi connectivity index (χ4n) is 1.89. The fraction of sp³-hybridized carbons (Fsp3) is 0.467. The minimum Gasteiger partial charge on any atom is -0.468 e. The van der Waals surface area contributed by atoms with Crippen LogP contribution in [0.25, 0.3) is 0 Å². The summed E-state index contributed by atoms with van der Waals surface area (Å²) < 4.78 is 30.4. The van der Waals surface area contributed by atoms with Crippen LogP contribution in [0.4, 0.5) is 8.78 Å². The number of hydrogen-bond acceptors (Lipinski definition) is 3. The molecule has 0 aliphatic rings. The number of hydrogen-bond donors (Lipinski definition) is 0. The molecule has 0 heterocycles. The molecule has 0 N–H and O–H groups in total. The molecular formula is C15H19F2NO3. The zero-order valence-electron chi connectivity index (χ0n) is 12.2. The highest BCUT2D eigenvalue weighted by molar-refractivity contribution is 5.82. The van der Waals surface area contributed by atoms with Crippen molar-refractivity contribution in [3.8, 4) is 0 Å². The molecule has 0 aromatic heterocycles. The summed E-state index contributed by atoms with van der Waals surface area (Å²) in [6.07, 6.45) is 1.13. The molecule has 6 heteroatoms. The number of amides is 1. The molecule has 21 heavy (non-hydrogen) atoms. The number of methoxy groups -OCH3 is 1. The molecule has 0 fully saturated rings. The van der Waals surface area contributed by atoms with Gasteiger partial charge >= 0.3 is 5.97 Å². The van der Waals surface area contributed by atoms with Crippen molar-refractivity contribution in [1.29, 1.82) is 0 Å². The van der Waals surface area contributed by atoms with Crippen LogP contribution < -0.4 is 0 Å². The Labute approximate surface area is 122 Å². The second kappa shape index (κ2) is 8.34. The summed E-state index contributed by atoms with van der Waals surface area (Å²) in [5, 5.41) is 0. The van der Waals surface area contributed by atoms with Crippen molar-refractivity contribution in [1.82, 2.24) is 4.90 Å². The molecular weight excluding hydrogens is 280 g/mol. The Bertz CT molecular complexity index is 506. The van der Waals surface area contributed by atoms with Crippen LogP contribution in [0.2, 0.25) is 0 Å². The maximum atomic E-state index is 13.1. The summed E-state index contributed by atoms with van der Waals surface area (Å²) in [6.45, 7) is 2.25. The fourth-order valence-corrected chi connectivity index (χ4v) is 1.89. The second-order valence-electron chi connectivity index (χ2n) is 4.64. The van der Waals surface area contributed by atoms with Crippen molar-refractivity contribution >= 4 is 11.9 Å². The molecule has 0 saturated carbocycles. The summed E-state index contributed by atoms with van der Waals surface area (Å²) in [6, 6.07) is 3.55. The van der Waals surface area contributed by atoms with Gasteiger partial charge in [-0.15, -0.1) is 0 Å². The highest BCUT2D eigenvalue weighted by atomic mass is 19.2. The summed E-state index contributed by atoms with van der Waals surface area (Å²) in [4.78, 5) is 24.7. The van der Waals surface area contributed by atoms with Crippen molar-refractivity contribution in [3.05, 3.63) is 35.4 Å². The predicted octanol–water partition coefficient (Wildman–Crippen LogP) is 2.31. The van der Waals surface area contributed by atoms with E-state index in [4.69, 9.17) is 0 Å². The zero-order valence-corrected chi connectivity index (χ0v) is 12.2. The van der Waals surface area contributed by atoms with Crippen molar-refractivity contribution in [2.45, 2.75) is 26.2 Å². The van der Waals surface area contributed by atoms with Gasteiger partial charge in [-0.25, -0.2) is 8.78 Å². The quantitative estimate of drug-likeness (QED) is 0.726. The van der Waals surface area contributed by atoms with Crippen LogP contribution in [0.5, 0.6) is 0 Å². The normalized spacial score (nSPS) is 10.3. The molecule has 0 saturated heterocycles. The summed E-state index contributed by atoms with van der Waals surface area (Å²) in [7, 11) is 1.26. The van der Waals surface area contributed by atoms with Gasteiger partial charge in [0.25, 0.3) is 0 Å². The molecule has 0 atom stereocenters. The number of carbonyl (C=O) groups excluding carboxylic acids is 2. The molecule has 0 radical (unpaired) electrons. The molecule has 1 aromatic carbocycles. The molecule has 0 spiro atoms. The average molecular weight is 299 g/mol. The van der Waals surface area contributed by atoms with E-state index in [0.29, 0.717) is 18.5 Å². The number of nitrogens with zero attached hydrogens (tertiary/aromatic N) is 1. The van der Waals surface area contributed by atoms with Gasteiger partial charge in [0.1, 0.15) is 6.54 Å². The summed E-state index contributed by atoms with van der Waals surface area (Å²) in [5.74, 6) is -2.54. The number of rotatable bonds is 7. The van der Waals surface area contributed by atoms with Gasteiger partial charge in [-0.2, -0.15) is 0 Å². The van der Waals surface area contributed by atoms with E-state index in [9.17, 15) is 18.4 Å². The highest BCUT2D eigenvalue weighted by Crippen LogP contribution is 2.11. The molecule has 116 valence electrons. The van der Waals surface area contributed by atoms with Crippen LogP contribution >= 0.6 is 0 Å². The smallest absolute Gasteiger partial charge is 0.325 e. The minimum absolute atomic E-state index is 0.0963. The third-order valence-corrected chi connectivity index (χ3v) is 3.01. The molecule has 1 amide bonds. The number of aryl methyl sites for hydroxylation is 1. The van der Waals surface area contributed by atoms with Gasteiger partial charge in [0, 0.05) is 13.0 Å². The van der Waals surface area contributed by atoms with Gasteiger partial charge in [-0.05, 0) is 30.5 Å². The van der Waals surface area contributed by atoms with Crippen LogP contribution in [-0.4, -0.2) is 37.0 Å². The Morgan fingerprint density at radius 2 is 1.95 bits per heavy atom. The Morgan fingerprint density at radius 1 is 1.24 bits per heavy atom. The van der Waals surface area contributed by atoms with Crippen molar-refractivity contribution < 1.29 is 23.1 Å². The maximum Gasteiger partial charge on any atom is 0.325 e. The number of benzene rings is 1. The van der Waals surface area contributed by atoms with Crippen molar-refractivity contribution in [2.75, 3.05) is 20.2 Å². The summed E-state index contributed by atoms with van der Waals surface area (Å²) in [5.41, 5.74) is 0.539. The van der Waals surface area contributed by atoms with Crippen molar-refractivity contribution in [2.24, 2.45) is 0 Å². The lowest BCUT2D eigenvalue weighted by Gasteiger charge is -2.20. The largest absolute Gasteiger partial charge is 0.468 e. The number of halogens is 2. The van der Waals surface area contributed by atoms with Gasteiger partial charge in [0.05, 0.1) is 7.11 Å². The zero-order chi connectivity index (χ0) is 15.8. The first-order valence-corrected chi connectivity index (χ1v) is 6.76. The van der Waals surface area contributed by atoms with E-state index < -0.39 is 17.6 Å². The van der Waals surface area contributed by atoms with E-state index in [0.717, 1.165) is 12.1 Å². The molecule has 0 aliphatic carbocycles. The predicted molar refractivity (Wildman–Crippen MR) is 73.6 cm³/mol. The molecule has 4 nitrogen and oxygen atoms in total. The number of carbonyl (C=O) groups is 2. The Morgan fingerprint density at radius 3 is 2.52 bits per heavy atom. The van der Waals surface area contributed by atoms with Crippen LogP contribution in [0.15, 0.2) is 18.2 Å². The van der Waals surface area contributed by atoms with Crippen molar-refractivity contribution in [3.63, 3.8) is 0 Å². The Kier molecular flexibility index (Phi) is 6.78. The molecule has 0 bridgehead atoms. The molecule has 0 aliphatic heterocycles. The van der Waals surface area contributed by atoms with E-state index in [1.165, 1.54) is 18.1 Å². The molecule has 1 aromatic rings. The Balaban J connectivity index is 2.60. The third kappa shape index (κ3) is 5.49. The molecule has 1 rings (SSSR count). The first-order valence-electron chi connectivity index (χ1n) is 6.76. The monoisotopic (exact) mass is 299 g/mol. The van der Waals surface area contributed by atoms with E-state index in [1.54, 1.807) is 0 Å². The lowest BCUT2D eigenvalue weighted by Crippen LogP contribution is -2.36. The van der Waals surface area contributed by atoms with E-state index in [1.807, 2.05) is 6.92 Å². The van der Waals surface area contributed by atoms with Crippen LogP contribution in [-0.2, 0) is 20.7 Å². The number of ether oxygens (including phenoxy) is 1. The Hall–Kier alpha value is -1.98. The molecule has 0 unspecified atom stereocenters. The lowest BCUT2D eigenvalue weighted by molar-refractivity contribution is -0.147.